The fraction of sp³-hybridized carbons (Fsp3) is 0.421. The highest BCUT2D eigenvalue weighted by molar-refractivity contribution is 6.31. The number of nitrogens with zero attached hydrogens (tertiary/aromatic N) is 2. The van der Waals surface area contributed by atoms with Crippen molar-refractivity contribution in [3.8, 4) is 0 Å². The summed E-state index contributed by atoms with van der Waals surface area (Å²) in [5, 5.41) is 3.63. The lowest BCUT2D eigenvalue weighted by molar-refractivity contribution is -0.132. The fourth-order valence-electron chi connectivity index (χ4n) is 3.05. The summed E-state index contributed by atoms with van der Waals surface area (Å²) in [5.74, 6) is 0.587. The molecular weight excluding hydrogens is 357 g/mol. The molecule has 0 unspecified atom stereocenters. The summed E-state index contributed by atoms with van der Waals surface area (Å²) in [6.45, 7) is 5.34. The van der Waals surface area contributed by atoms with Gasteiger partial charge in [0, 0.05) is 43.3 Å². The van der Waals surface area contributed by atoms with Crippen molar-refractivity contribution in [3.63, 3.8) is 0 Å². The molecule has 1 aliphatic rings. The normalized spacial score (nSPS) is 16.7. The molecule has 7 heteroatoms. The lowest BCUT2D eigenvalue weighted by Crippen LogP contribution is -2.50. The number of carbonyl (C=O) groups is 1. The van der Waals surface area contributed by atoms with Crippen LogP contribution in [0.4, 0.5) is 4.39 Å². The van der Waals surface area contributed by atoms with E-state index in [0.717, 1.165) is 5.76 Å². The zero-order valence-electron chi connectivity index (χ0n) is 14.8. The van der Waals surface area contributed by atoms with Gasteiger partial charge in [0.05, 0.1) is 18.8 Å². The predicted octanol–water partition coefficient (Wildman–Crippen LogP) is 3.07. The van der Waals surface area contributed by atoms with Crippen LogP contribution in [-0.2, 0) is 11.3 Å². The summed E-state index contributed by atoms with van der Waals surface area (Å²) in [7, 11) is 0. The Morgan fingerprint density at radius 1 is 1.27 bits per heavy atom. The average molecular weight is 380 g/mol. The lowest BCUT2D eigenvalue weighted by Gasteiger charge is -2.35. The number of rotatable bonds is 6. The van der Waals surface area contributed by atoms with Gasteiger partial charge in [0.25, 0.3) is 0 Å². The fourth-order valence-corrected chi connectivity index (χ4v) is 3.28. The third kappa shape index (κ3) is 4.63. The molecule has 2 aromatic rings. The van der Waals surface area contributed by atoms with Crippen molar-refractivity contribution in [1.82, 2.24) is 15.1 Å². The maximum atomic E-state index is 13.9. The van der Waals surface area contributed by atoms with E-state index in [1.807, 2.05) is 24.0 Å². The van der Waals surface area contributed by atoms with Gasteiger partial charge in [-0.1, -0.05) is 17.7 Å². The highest BCUT2D eigenvalue weighted by atomic mass is 35.5. The van der Waals surface area contributed by atoms with Crippen LogP contribution in [0, 0.1) is 5.82 Å². The minimum Gasteiger partial charge on any atom is -0.468 e. The molecule has 2 heterocycles. The molecule has 1 aromatic carbocycles. The van der Waals surface area contributed by atoms with E-state index in [9.17, 15) is 9.18 Å². The van der Waals surface area contributed by atoms with Crippen LogP contribution in [0.5, 0.6) is 0 Å². The summed E-state index contributed by atoms with van der Waals surface area (Å²) in [4.78, 5) is 16.3. The number of piperazine rings is 1. The van der Waals surface area contributed by atoms with Crippen molar-refractivity contribution >= 4 is 17.5 Å². The molecule has 1 aromatic heterocycles. The summed E-state index contributed by atoms with van der Waals surface area (Å²) < 4.78 is 19.2. The molecule has 5 nitrogen and oxygen atoms in total. The van der Waals surface area contributed by atoms with Crippen LogP contribution in [-0.4, -0.2) is 48.4 Å². The number of halogens is 2. The van der Waals surface area contributed by atoms with Crippen molar-refractivity contribution in [2.24, 2.45) is 0 Å². The van der Waals surface area contributed by atoms with Crippen molar-refractivity contribution in [3.05, 3.63) is 58.8 Å². The smallest absolute Gasteiger partial charge is 0.236 e. The van der Waals surface area contributed by atoms with Gasteiger partial charge in [-0.15, -0.1) is 0 Å². The van der Waals surface area contributed by atoms with E-state index in [1.165, 1.54) is 6.07 Å². The van der Waals surface area contributed by atoms with Gasteiger partial charge in [-0.2, -0.15) is 0 Å². The average Bonchev–Trinajstić information content (AvgIpc) is 3.18. The number of amides is 1. The SMILES string of the molecule is C[C@H](NCC(=O)N1CCN(Cc2c(F)cccc2Cl)CC1)c1ccco1. The Morgan fingerprint density at radius 2 is 2.04 bits per heavy atom. The highest BCUT2D eigenvalue weighted by Crippen LogP contribution is 2.21. The minimum atomic E-state index is -0.285. The Morgan fingerprint density at radius 3 is 2.69 bits per heavy atom. The Balaban J connectivity index is 1.45. The number of carbonyl (C=O) groups excluding carboxylic acids is 1. The number of nitrogens with one attached hydrogen (secondary N) is 1. The molecule has 1 N–H and O–H groups in total. The molecule has 1 amide bonds. The standard InChI is InChI=1S/C19H23ClFN3O2/c1-14(18-6-3-11-26-18)22-12-19(25)24-9-7-23(8-10-24)13-15-16(20)4-2-5-17(15)21/h2-6,11,14,22H,7-10,12-13H2,1H3/t14-/m0/s1. The predicted molar refractivity (Wildman–Crippen MR) is 98.4 cm³/mol. The molecule has 1 saturated heterocycles. The van der Waals surface area contributed by atoms with Gasteiger partial charge in [0.1, 0.15) is 11.6 Å². The van der Waals surface area contributed by atoms with Gasteiger partial charge < -0.3 is 9.32 Å². The van der Waals surface area contributed by atoms with E-state index in [4.69, 9.17) is 16.0 Å². The van der Waals surface area contributed by atoms with Gasteiger partial charge in [-0.25, -0.2) is 4.39 Å². The van der Waals surface area contributed by atoms with Crippen molar-refractivity contribution in [2.45, 2.75) is 19.5 Å². The van der Waals surface area contributed by atoms with E-state index in [1.54, 1.807) is 18.4 Å². The molecule has 1 atom stereocenters. The summed E-state index contributed by atoms with van der Waals surface area (Å²) in [6, 6.07) is 8.43. The van der Waals surface area contributed by atoms with E-state index in [0.29, 0.717) is 43.3 Å². The first-order chi connectivity index (χ1) is 12.5. The molecule has 26 heavy (non-hydrogen) atoms. The van der Waals surface area contributed by atoms with Crippen LogP contribution in [0.2, 0.25) is 5.02 Å². The third-order valence-corrected chi connectivity index (χ3v) is 5.05. The first kappa shape index (κ1) is 18.9. The van der Waals surface area contributed by atoms with Gasteiger partial charge in [0.2, 0.25) is 5.91 Å². The van der Waals surface area contributed by atoms with E-state index < -0.39 is 0 Å². The topological polar surface area (TPSA) is 48.7 Å². The number of hydrogen-bond donors (Lipinski definition) is 1. The molecule has 0 saturated carbocycles. The van der Waals surface area contributed by atoms with Crippen molar-refractivity contribution in [2.75, 3.05) is 32.7 Å². The summed E-state index contributed by atoms with van der Waals surface area (Å²) >= 11 is 6.09. The van der Waals surface area contributed by atoms with Crippen molar-refractivity contribution in [1.29, 1.82) is 0 Å². The van der Waals surface area contributed by atoms with Crippen LogP contribution in [0.3, 0.4) is 0 Å². The molecule has 140 valence electrons. The van der Waals surface area contributed by atoms with Crippen LogP contribution in [0.1, 0.15) is 24.3 Å². The van der Waals surface area contributed by atoms with Crippen LogP contribution in [0.25, 0.3) is 0 Å². The quantitative estimate of drug-likeness (QED) is 0.838. The monoisotopic (exact) mass is 379 g/mol. The second-order valence-corrected chi connectivity index (χ2v) is 6.88. The van der Waals surface area contributed by atoms with Gasteiger partial charge >= 0.3 is 0 Å². The minimum absolute atomic E-state index is 0.0153. The maximum Gasteiger partial charge on any atom is 0.236 e. The molecule has 1 fully saturated rings. The molecule has 1 aliphatic heterocycles. The zero-order valence-corrected chi connectivity index (χ0v) is 15.5. The van der Waals surface area contributed by atoms with Crippen molar-refractivity contribution < 1.29 is 13.6 Å². The van der Waals surface area contributed by atoms with Crippen LogP contribution in [0.15, 0.2) is 41.0 Å². The van der Waals surface area contributed by atoms with Crippen LogP contribution < -0.4 is 5.32 Å². The van der Waals surface area contributed by atoms with E-state index in [2.05, 4.69) is 10.2 Å². The molecule has 0 radical (unpaired) electrons. The number of hydrogen-bond acceptors (Lipinski definition) is 4. The Kier molecular flexibility index (Phi) is 6.29. The van der Waals surface area contributed by atoms with Gasteiger partial charge in [0.15, 0.2) is 0 Å². The molecular formula is C19H23ClFN3O2. The van der Waals surface area contributed by atoms with Gasteiger partial charge in [-0.05, 0) is 31.2 Å². The second kappa shape index (κ2) is 8.66. The summed E-state index contributed by atoms with van der Waals surface area (Å²) in [5.41, 5.74) is 0.517. The molecule has 0 bridgehead atoms. The number of furan rings is 1. The van der Waals surface area contributed by atoms with E-state index in [-0.39, 0.29) is 24.3 Å². The maximum absolute atomic E-state index is 13.9. The lowest BCUT2D eigenvalue weighted by atomic mass is 10.2. The Hall–Kier alpha value is -1.89. The molecule has 0 aliphatic carbocycles. The summed E-state index contributed by atoms with van der Waals surface area (Å²) in [6.07, 6.45) is 1.62. The van der Waals surface area contributed by atoms with E-state index >= 15 is 0 Å². The zero-order chi connectivity index (χ0) is 18.5. The first-order valence-corrected chi connectivity index (χ1v) is 9.12. The Labute approximate surface area is 157 Å². The largest absolute Gasteiger partial charge is 0.468 e. The van der Waals surface area contributed by atoms with Gasteiger partial charge in [-0.3, -0.25) is 15.0 Å². The first-order valence-electron chi connectivity index (χ1n) is 8.74. The highest BCUT2D eigenvalue weighted by Gasteiger charge is 2.23. The third-order valence-electron chi connectivity index (χ3n) is 4.70. The second-order valence-electron chi connectivity index (χ2n) is 6.48. The Bertz CT molecular complexity index is 710. The molecule has 3 rings (SSSR count). The molecule has 0 spiro atoms. The van der Waals surface area contributed by atoms with Crippen LogP contribution >= 0.6 is 11.6 Å². The number of benzene rings is 1.